The summed E-state index contributed by atoms with van der Waals surface area (Å²) < 4.78 is 8.88. The Morgan fingerprint density at radius 2 is 1.54 bits per heavy atom. The molecule has 204 valence electrons. The quantitative estimate of drug-likeness (QED) is 0.297. The van der Waals surface area contributed by atoms with Gasteiger partial charge in [-0.05, 0) is 48.5 Å². The summed E-state index contributed by atoms with van der Waals surface area (Å²) in [4.78, 5) is 48.5. The van der Waals surface area contributed by atoms with Crippen LogP contribution in [0.5, 0.6) is 11.5 Å². The number of para-hydroxylation sites is 2. The van der Waals surface area contributed by atoms with Gasteiger partial charge in [0.05, 0.1) is 11.7 Å². The van der Waals surface area contributed by atoms with Gasteiger partial charge in [0.15, 0.2) is 11.5 Å². The minimum absolute atomic E-state index is 0.162. The Kier molecular flexibility index (Phi) is 6.74. The highest BCUT2D eigenvalue weighted by atomic mass is 16.5. The van der Waals surface area contributed by atoms with Crippen LogP contribution in [0.2, 0.25) is 0 Å². The van der Waals surface area contributed by atoms with Crippen molar-refractivity contribution in [2.24, 2.45) is 0 Å². The van der Waals surface area contributed by atoms with Gasteiger partial charge in [-0.15, -0.1) is 0 Å². The van der Waals surface area contributed by atoms with Crippen LogP contribution in [0.1, 0.15) is 6.04 Å². The summed E-state index contributed by atoms with van der Waals surface area (Å²) in [7, 11) is 0. The second kappa shape index (κ2) is 10.8. The van der Waals surface area contributed by atoms with Crippen molar-refractivity contribution in [3.8, 4) is 17.2 Å². The lowest BCUT2D eigenvalue weighted by atomic mass is 10.1. The lowest BCUT2D eigenvalue weighted by Crippen LogP contribution is -2.52. The van der Waals surface area contributed by atoms with Gasteiger partial charge >= 0.3 is 5.69 Å². The number of benzene rings is 3. The van der Waals surface area contributed by atoms with Crippen LogP contribution in [0.4, 0.5) is 11.5 Å². The zero-order chi connectivity index (χ0) is 28.3. The molecule has 1 fully saturated rings. The molecular formula is C30H25N7O4. The second-order valence-corrected chi connectivity index (χ2v) is 9.41. The van der Waals surface area contributed by atoms with E-state index in [1.54, 1.807) is 53.4 Å². The Bertz CT molecular complexity index is 1810. The Hall–Kier alpha value is -5.71. The maximum absolute atomic E-state index is 13.7. The smallest absolute Gasteiger partial charge is 0.335 e. The standard InChI is InChI=1S/C30H25N7O4/c31-28-27-29(33-19-32-28)37(22-17-35(18-22)26(39)16-15-25(38)34-20-7-3-1-4-8-20)30(40)36(27)21-11-13-24(14-12-21)41-23-9-5-2-6-10-23/h1-16,19,22H,17-18H2,(H,34,38)(H2,31,32,33)/b16-15+. The van der Waals surface area contributed by atoms with E-state index in [-0.39, 0.29) is 36.5 Å². The van der Waals surface area contributed by atoms with E-state index >= 15 is 0 Å². The number of ether oxygens (including phenoxy) is 1. The van der Waals surface area contributed by atoms with Crippen molar-refractivity contribution < 1.29 is 14.3 Å². The van der Waals surface area contributed by atoms with E-state index in [1.165, 1.54) is 27.6 Å². The molecule has 2 aromatic heterocycles. The Labute approximate surface area is 234 Å². The molecule has 1 aliphatic rings. The van der Waals surface area contributed by atoms with Crippen LogP contribution in [0, 0.1) is 0 Å². The maximum atomic E-state index is 13.7. The Morgan fingerprint density at radius 3 is 2.24 bits per heavy atom. The summed E-state index contributed by atoms with van der Waals surface area (Å²) in [6.45, 7) is 0.548. The molecule has 1 aliphatic heterocycles. The first-order chi connectivity index (χ1) is 20.0. The number of amides is 2. The number of imidazole rings is 1. The van der Waals surface area contributed by atoms with Gasteiger partial charge in [0, 0.05) is 30.9 Å². The average molecular weight is 548 g/mol. The summed E-state index contributed by atoms with van der Waals surface area (Å²) in [5.74, 6) is 0.731. The van der Waals surface area contributed by atoms with Crippen LogP contribution >= 0.6 is 0 Å². The highest BCUT2D eigenvalue weighted by Gasteiger charge is 2.35. The molecule has 0 unspecified atom stereocenters. The first-order valence-electron chi connectivity index (χ1n) is 12.9. The van der Waals surface area contributed by atoms with Gasteiger partial charge in [-0.1, -0.05) is 36.4 Å². The van der Waals surface area contributed by atoms with Crippen molar-refractivity contribution in [2.45, 2.75) is 6.04 Å². The number of carbonyl (C=O) groups excluding carboxylic acids is 2. The number of fused-ring (bicyclic) bond motifs is 1. The number of hydrogen-bond donors (Lipinski definition) is 2. The number of carbonyl (C=O) groups is 2. The number of aromatic nitrogens is 4. The van der Waals surface area contributed by atoms with Crippen molar-refractivity contribution in [1.29, 1.82) is 0 Å². The molecule has 0 atom stereocenters. The van der Waals surface area contributed by atoms with Gasteiger partial charge in [0.25, 0.3) is 0 Å². The van der Waals surface area contributed by atoms with Crippen LogP contribution in [-0.4, -0.2) is 48.9 Å². The van der Waals surface area contributed by atoms with Crippen molar-refractivity contribution in [2.75, 3.05) is 24.1 Å². The first-order valence-corrected chi connectivity index (χ1v) is 12.9. The van der Waals surface area contributed by atoms with Gasteiger partial charge in [0.2, 0.25) is 11.8 Å². The average Bonchev–Trinajstić information content (AvgIpc) is 3.25. The number of hydrogen-bond acceptors (Lipinski definition) is 7. The molecule has 0 spiro atoms. The minimum atomic E-state index is -0.409. The molecule has 11 nitrogen and oxygen atoms in total. The predicted molar refractivity (Wildman–Crippen MR) is 154 cm³/mol. The highest BCUT2D eigenvalue weighted by Crippen LogP contribution is 2.28. The second-order valence-electron chi connectivity index (χ2n) is 9.41. The van der Waals surface area contributed by atoms with Crippen LogP contribution in [0.25, 0.3) is 16.9 Å². The van der Waals surface area contributed by atoms with Crippen LogP contribution < -0.4 is 21.5 Å². The third kappa shape index (κ3) is 5.15. The predicted octanol–water partition coefficient (Wildman–Crippen LogP) is 3.53. The Morgan fingerprint density at radius 1 is 0.878 bits per heavy atom. The third-order valence-corrected chi connectivity index (χ3v) is 6.71. The zero-order valence-corrected chi connectivity index (χ0v) is 21.8. The fourth-order valence-electron chi connectivity index (χ4n) is 4.68. The number of likely N-dealkylation sites (tertiary alicyclic amines) is 1. The highest BCUT2D eigenvalue weighted by molar-refractivity contribution is 6.03. The minimum Gasteiger partial charge on any atom is -0.457 e. The van der Waals surface area contributed by atoms with Crippen LogP contribution in [-0.2, 0) is 9.59 Å². The molecule has 41 heavy (non-hydrogen) atoms. The van der Waals surface area contributed by atoms with Gasteiger partial charge in [-0.2, -0.15) is 0 Å². The van der Waals surface area contributed by atoms with E-state index in [0.717, 1.165) is 0 Å². The van der Waals surface area contributed by atoms with Crippen LogP contribution in [0.15, 0.2) is 108 Å². The molecule has 0 bridgehead atoms. The van der Waals surface area contributed by atoms with E-state index in [2.05, 4.69) is 15.3 Å². The van der Waals surface area contributed by atoms with E-state index in [0.29, 0.717) is 34.0 Å². The molecule has 1 saturated heterocycles. The molecule has 6 rings (SSSR count). The molecular weight excluding hydrogens is 522 g/mol. The maximum Gasteiger partial charge on any atom is 0.335 e. The lowest BCUT2D eigenvalue weighted by molar-refractivity contribution is -0.131. The number of nitrogens with two attached hydrogens (primary N) is 1. The summed E-state index contributed by atoms with van der Waals surface area (Å²) in [5, 5.41) is 2.69. The topological polar surface area (TPSA) is 137 Å². The molecule has 2 amide bonds. The number of rotatable bonds is 7. The summed E-state index contributed by atoms with van der Waals surface area (Å²) in [6, 6.07) is 25.1. The lowest BCUT2D eigenvalue weighted by Gasteiger charge is -2.38. The number of nitrogens with one attached hydrogen (secondary N) is 1. The van der Waals surface area contributed by atoms with Crippen molar-refractivity contribution in [3.05, 3.63) is 114 Å². The van der Waals surface area contributed by atoms with Crippen LogP contribution in [0.3, 0.4) is 0 Å². The van der Waals surface area contributed by atoms with Gasteiger partial charge < -0.3 is 20.7 Å². The molecule has 0 radical (unpaired) electrons. The molecule has 3 aromatic carbocycles. The molecule has 11 heteroatoms. The number of nitrogen functional groups attached to an aromatic ring is 1. The van der Waals surface area contributed by atoms with Crippen molar-refractivity contribution >= 4 is 34.5 Å². The van der Waals surface area contributed by atoms with E-state index in [9.17, 15) is 14.4 Å². The van der Waals surface area contributed by atoms with Crippen molar-refractivity contribution in [1.82, 2.24) is 24.0 Å². The largest absolute Gasteiger partial charge is 0.457 e. The summed E-state index contributed by atoms with van der Waals surface area (Å²) >= 11 is 0. The monoisotopic (exact) mass is 547 g/mol. The Balaban J connectivity index is 1.20. The van der Waals surface area contributed by atoms with Gasteiger partial charge in [-0.25, -0.2) is 14.8 Å². The third-order valence-electron chi connectivity index (χ3n) is 6.71. The van der Waals surface area contributed by atoms with E-state index in [4.69, 9.17) is 10.5 Å². The summed E-state index contributed by atoms with van der Waals surface area (Å²) in [6.07, 6.45) is 3.73. The molecule has 0 saturated carbocycles. The van der Waals surface area contributed by atoms with Gasteiger partial charge in [0.1, 0.15) is 23.3 Å². The first kappa shape index (κ1) is 25.6. The van der Waals surface area contributed by atoms with Crippen molar-refractivity contribution in [3.63, 3.8) is 0 Å². The fourth-order valence-corrected chi connectivity index (χ4v) is 4.68. The summed E-state index contributed by atoms with van der Waals surface area (Å²) in [5.41, 5.74) is 7.82. The zero-order valence-electron chi connectivity index (χ0n) is 21.8. The van der Waals surface area contributed by atoms with E-state index < -0.39 is 5.91 Å². The number of anilines is 2. The molecule has 5 aromatic rings. The molecule has 3 heterocycles. The molecule has 3 N–H and O–H groups in total. The van der Waals surface area contributed by atoms with Gasteiger partial charge in [-0.3, -0.25) is 18.7 Å². The molecule has 0 aliphatic carbocycles. The SMILES string of the molecule is Nc1ncnc2c1n(-c1ccc(Oc3ccccc3)cc1)c(=O)n2C1CN(C(=O)/C=C/C(=O)Nc2ccccc2)C1. The normalized spacial score (nSPS) is 13.3. The van der Waals surface area contributed by atoms with E-state index in [1.807, 2.05) is 36.4 Å². The fraction of sp³-hybridized carbons (Fsp3) is 0.100. The number of nitrogens with zero attached hydrogens (tertiary/aromatic N) is 5.